The molecular formula is C4H13N2O3PS. The van der Waals surface area contributed by atoms with Gasteiger partial charge in [-0.05, 0) is 6.26 Å². The van der Waals surface area contributed by atoms with E-state index in [-0.39, 0.29) is 5.17 Å². The van der Waals surface area contributed by atoms with Gasteiger partial charge in [0.05, 0.1) is 0 Å². The Morgan fingerprint density at radius 3 is 2.00 bits per heavy atom. The van der Waals surface area contributed by atoms with Gasteiger partial charge in [0.2, 0.25) is 0 Å². The van der Waals surface area contributed by atoms with Crippen molar-refractivity contribution in [3.63, 3.8) is 0 Å². The Balaban J connectivity index is 0. The zero-order chi connectivity index (χ0) is 9.49. The Kier molecular flexibility index (Phi) is 8.21. The van der Waals surface area contributed by atoms with Crippen LogP contribution in [0.3, 0.4) is 0 Å². The second-order valence-corrected chi connectivity index (χ2v) is 4.37. The highest BCUT2D eigenvalue weighted by molar-refractivity contribution is 8.13. The van der Waals surface area contributed by atoms with Gasteiger partial charge in [-0.15, -0.1) is 0 Å². The monoisotopic (exact) mass is 200 g/mol. The van der Waals surface area contributed by atoms with E-state index in [0.717, 1.165) is 6.66 Å². The van der Waals surface area contributed by atoms with Gasteiger partial charge in [0, 0.05) is 13.8 Å². The first kappa shape index (κ1) is 13.6. The number of nitrogens with two attached hydrogens (primary N) is 1. The summed E-state index contributed by atoms with van der Waals surface area (Å²) < 4.78 is 14.0. The minimum Gasteiger partial charge on any atom is -0.379 e. The van der Waals surface area contributed by atoms with Crippen LogP contribution in [0, 0.1) is 5.41 Å². The second-order valence-electron chi connectivity index (χ2n) is 1.55. The third-order valence-electron chi connectivity index (χ3n) is 0.559. The average molecular weight is 200 g/mol. The van der Waals surface area contributed by atoms with Crippen molar-refractivity contribution in [2.24, 2.45) is 5.73 Å². The van der Waals surface area contributed by atoms with Crippen molar-refractivity contribution < 1.29 is 14.0 Å². The standard InChI is InChI=1S/C2H6N2S.C2H7O3P/c1-5-2(3)4;1-5-6(2,3)4/h1H3,(H3,3,4);1-2H3,(H,3,4). The molecule has 4 N–H and O–H groups in total. The molecule has 0 aromatic heterocycles. The maximum atomic E-state index is 9.92. The Morgan fingerprint density at radius 1 is 1.82 bits per heavy atom. The van der Waals surface area contributed by atoms with Crippen LogP contribution in [0.4, 0.5) is 0 Å². The van der Waals surface area contributed by atoms with Crippen molar-refractivity contribution >= 4 is 24.5 Å². The largest absolute Gasteiger partial charge is 0.379 e. The summed E-state index contributed by atoms with van der Waals surface area (Å²) in [4.78, 5) is 8.16. The molecule has 0 aliphatic heterocycles. The molecule has 1 unspecified atom stereocenters. The van der Waals surface area contributed by atoms with E-state index in [0.29, 0.717) is 0 Å². The number of thioether (sulfide) groups is 1. The van der Waals surface area contributed by atoms with E-state index in [1.54, 1.807) is 6.26 Å². The zero-order valence-corrected chi connectivity index (χ0v) is 8.41. The normalized spacial score (nSPS) is 14.2. The number of hydrogen-bond acceptors (Lipinski definition) is 4. The van der Waals surface area contributed by atoms with Crippen LogP contribution in [-0.2, 0) is 9.09 Å². The number of nitrogens with one attached hydrogen (secondary N) is 1. The molecule has 0 aliphatic rings. The van der Waals surface area contributed by atoms with Gasteiger partial charge >= 0.3 is 7.60 Å². The third kappa shape index (κ3) is 25.6. The van der Waals surface area contributed by atoms with E-state index >= 15 is 0 Å². The Morgan fingerprint density at radius 2 is 2.00 bits per heavy atom. The molecule has 1 atom stereocenters. The van der Waals surface area contributed by atoms with Gasteiger partial charge < -0.3 is 15.2 Å². The third-order valence-corrected chi connectivity index (χ3v) is 1.68. The molecule has 68 valence electrons. The number of amidine groups is 1. The molecule has 0 rings (SSSR count). The molecule has 0 aromatic rings. The summed E-state index contributed by atoms with van der Waals surface area (Å²) in [5, 5.41) is 6.66. The van der Waals surface area contributed by atoms with Gasteiger partial charge in [0.15, 0.2) is 5.17 Å². The summed E-state index contributed by atoms with van der Waals surface area (Å²) >= 11 is 1.24. The van der Waals surface area contributed by atoms with Crippen LogP contribution in [0.25, 0.3) is 0 Å². The van der Waals surface area contributed by atoms with E-state index in [4.69, 9.17) is 16.0 Å². The van der Waals surface area contributed by atoms with Gasteiger partial charge in [0.1, 0.15) is 0 Å². The highest BCUT2D eigenvalue weighted by Gasteiger charge is 2.02. The first-order chi connectivity index (χ1) is 4.83. The molecule has 0 radical (unpaired) electrons. The first-order valence-corrected chi connectivity index (χ1v) is 5.82. The molecule has 0 saturated heterocycles. The highest BCUT2D eigenvalue weighted by Crippen LogP contribution is 2.34. The van der Waals surface area contributed by atoms with Crippen molar-refractivity contribution in [1.82, 2.24) is 0 Å². The van der Waals surface area contributed by atoms with Gasteiger partial charge in [-0.25, -0.2) is 0 Å². The molecule has 5 nitrogen and oxygen atoms in total. The van der Waals surface area contributed by atoms with Crippen molar-refractivity contribution in [3.05, 3.63) is 0 Å². The summed E-state index contributed by atoms with van der Waals surface area (Å²) in [5.41, 5.74) is 4.84. The Hall–Kier alpha value is -0.0300. The maximum absolute atomic E-state index is 9.92. The van der Waals surface area contributed by atoms with Crippen LogP contribution < -0.4 is 5.73 Å². The fourth-order valence-electron chi connectivity index (χ4n) is 0. The van der Waals surface area contributed by atoms with Crippen LogP contribution in [0.5, 0.6) is 0 Å². The van der Waals surface area contributed by atoms with Gasteiger partial charge in [-0.3, -0.25) is 9.97 Å². The minimum atomic E-state index is -3.15. The molecule has 0 amide bonds. The molecule has 0 aromatic carbocycles. The van der Waals surface area contributed by atoms with Crippen molar-refractivity contribution in [2.45, 2.75) is 0 Å². The Bertz CT molecular complexity index is 157. The molecule has 0 heterocycles. The molecule has 11 heavy (non-hydrogen) atoms. The van der Waals surface area contributed by atoms with Gasteiger partial charge in [-0.2, -0.15) is 0 Å². The summed E-state index contributed by atoms with van der Waals surface area (Å²) in [7, 11) is -1.95. The summed E-state index contributed by atoms with van der Waals surface area (Å²) in [6, 6.07) is 0. The molecule has 0 saturated carbocycles. The smallest absolute Gasteiger partial charge is 0.324 e. The summed E-state index contributed by atoms with van der Waals surface area (Å²) in [6.45, 7) is 1.13. The fraction of sp³-hybridized carbons (Fsp3) is 0.750. The minimum absolute atomic E-state index is 0.171. The maximum Gasteiger partial charge on any atom is 0.324 e. The van der Waals surface area contributed by atoms with Crippen molar-refractivity contribution in [2.75, 3.05) is 20.0 Å². The molecular weight excluding hydrogens is 187 g/mol. The van der Waals surface area contributed by atoms with E-state index in [1.165, 1.54) is 18.9 Å². The highest BCUT2D eigenvalue weighted by atomic mass is 32.2. The van der Waals surface area contributed by atoms with Crippen LogP contribution in [0.1, 0.15) is 0 Å². The molecule has 0 spiro atoms. The predicted octanol–water partition coefficient (Wildman–Crippen LogP) is 0.691. The summed E-state index contributed by atoms with van der Waals surface area (Å²) in [5.74, 6) is 0. The van der Waals surface area contributed by atoms with Crippen LogP contribution >= 0.6 is 19.4 Å². The van der Waals surface area contributed by atoms with E-state index in [9.17, 15) is 4.57 Å². The fourth-order valence-corrected chi connectivity index (χ4v) is 0. The zero-order valence-electron chi connectivity index (χ0n) is 6.70. The van der Waals surface area contributed by atoms with E-state index in [2.05, 4.69) is 4.52 Å². The lowest BCUT2D eigenvalue weighted by Crippen LogP contribution is -2.01. The number of hydrogen-bond donors (Lipinski definition) is 3. The van der Waals surface area contributed by atoms with Gasteiger partial charge in [0.25, 0.3) is 0 Å². The van der Waals surface area contributed by atoms with Crippen molar-refractivity contribution in [3.8, 4) is 0 Å². The van der Waals surface area contributed by atoms with Crippen LogP contribution in [0.15, 0.2) is 0 Å². The quantitative estimate of drug-likeness (QED) is 0.329. The van der Waals surface area contributed by atoms with Crippen molar-refractivity contribution in [1.29, 1.82) is 5.41 Å². The molecule has 0 bridgehead atoms. The lowest BCUT2D eigenvalue weighted by Gasteiger charge is -1.96. The second kappa shape index (κ2) is 6.67. The van der Waals surface area contributed by atoms with E-state index in [1.807, 2.05) is 0 Å². The molecule has 0 aliphatic carbocycles. The number of rotatable bonds is 1. The lowest BCUT2D eigenvalue weighted by molar-refractivity contribution is 0.322. The van der Waals surface area contributed by atoms with Crippen LogP contribution in [0.2, 0.25) is 0 Å². The summed E-state index contributed by atoms with van der Waals surface area (Å²) in [6.07, 6.45) is 1.77. The van der Waals surface area contributed by atoms with Gasteiger partial charge in [-0.1, -0.05) is 11.8 Å². The SMILES string of the molecule is COP(C)(=O)O.CSC(=N)N. The first-order valence-electron chi connectivity index (χ1n) is 2.57. The Labute approximate surface area is 70.4 Å². The van der Waals surface area contributed by atoms with Crippen LogP contribution in [-0.4, -0.2) is 30.1 Å². The van der Waals surface area contributed by atoms with E-state index < -0.39 is 7.60 Å². The predicted molar refractivity (Wildman–Crippen MR) is 48.2 cm³/mol. The topological polar surface area (TPSA) is 96.4 Å². The molecule has 7 heteroatoms. The lowest BCUT2D eigenvalue weighted by atomic mass is 11.4. The molecule has 0 fully saturated rings. The average Bonchev–Trinajstić information content (AvgIpc) is 1.88.